The van der Waals surface area contributed by atoms with Crippen LogP contribution in [0.25, 0.3) is 0 Å². The normalized spacial score (nSPS) is 13.0. The van der Waals surface area contributed by atoms with Crippen molar-refractivity contribution in [3.63, 3.8) is 0 Å². The van der Waals surface area contributed by atoms with Crippen LogP contribution in [-0.2, 0) is 0 Å². The summed E-state index contributed by atoms with van der Waals surface area (Å²) in [6.07, 6.45) is 0.239. The number of pyridine rings is 1. The first-order valence-corrected chi connectivity index (χ1v) is 5.88. The molecule has 0 aromatic carbocycles. The number of nitrogens with one attached hydrogen (secondary N) is 1. The number of aromatic nitrogens is 1. The lowest BCUT2D eigenvalue weighted by Crippen LogP contribution is -2.19. The molecule has 1 N–H and O–H groups in total. The molecule has 0 fully saturated rings. The maximum absolute atomic E-state index is 12.0. The summed E-state index contributed by atoms with van der Waals surface area (Å²) in [6.45, 7) is 0.580. The standard InChI is InChI=1S/C13H13F3N2O2/c1-9(10-4-5-19-7-10)18-11-2-3-12(17-6-11)20-8-13(14,15)16/h2-7,9,18H,8H2,1H3. The van der Waals surface area contributed by atoms with Crippen LogP contribution in [-0.4, -0.2) is 17.8 Å². The molecule has 0 aliphatic heterocycles. The smallest absolute Gasteiger partial charge is 0.422 e. The van der Waals surface area contributed by atoms with Gasteiger partial charge in [0.05, 0.1) is 30.5 Å². The molecule has 2 rings (SSSR count). The Morgan fingerprint density at radius 1 is 1.35 bits per heavy atom. The Hall–Kier alpha value is -2.18. The molecule has 20 heavy (non-hydrogen) atoms. The lowest BCUT2D eigenvalue weighted by molar-refractivity contribution is -0.154. The van der Waals surface area contributed by atoms with Gasteiger partial charge in [0.25, 0.3) is 0 Å². The Labute approximate surface area is 113 Å². The van der Waals surface area contributed by atoms with Gasteiger partial charge >= 0.3 is 6.18 Å². The van der Waals surface area contributed by atoms with Crippen LogP contribution in [0.3, 0.4) is 0 Å². The van der Waals surface area contributed by atoms with Gasteiger partial charge in [0.1, 0.15) is 0 Å². The maximum atomic E-state index is 12.0. The molecule has 7 heteroatoms. The van der Waals surface area contributed by atoms with E-state index in [2.05, 4.69) is 15.0 Å². The van der Waals surface area contributed by atoms with Gasteiger partial charge < -0.3 is 14.5 Å². The molecule has 108 valence electrons. The molecule has 2 heterocycles. The van der Waals surface area contributed by atoms with Crippen molar-refractivity contribution in [3.8, 4) is 5.88 Å². The van der Waals surface area contributed by atoms with E-state index in [0.29, 0.717) is 5.69 Å². The highest BCUT2D eigenvalue weighted by molar-refractivity contribution is 5.44. The Bertz CT molecular complexity index is 524. The maximum Gasteiger partial charge on any atom is 0.422 e. The average molecular weight is 286 g/mol. The predicted molar refractivity (Wildman–Crippen MR) is 66.5 cm³/mol. The topological polar surface area (TPSA) is 47.3 Å². The van der Waals surface area contributed by atoms with E-state index in [1.165, 1.54) is 12.3 Å². The molecule has 0 radical (unpaired) electrons. The Balaban J connectivity index is 1.91. The fourth-order valence-corrected chi connectivity index (χ4v) is 1.56. The minimum absolute atomic E-state index is 0.00232. The number of alkyl halides is 3. The van der Waals surface area contributed by atoms with Crippen molar-refractivity contribution in [2.45, 2.75) is 19.1 Å². The van der Waals surface area contributed by atoms with Gasteiger partial charge in [-0.15, -0.1) is 0 Å². The number of ether oxygens (including phenoxy) is 1. The summed E-state index contributed by atoms with van der Waals surface area (Å²) in [7, 11) is 0. The van der Waals surface area contributed by atoms with Gasteiger partial charge in [0.15, 0.2) is 6.61 Å². The van der Waals surface area contributed by atoms with Gasteiger partial charge in [-0.2, -0.15) is 13.2 Å². The molecule has 0 bridgehead atoms. The number of furan rings is 1. The number of anilines is 1. The molecule has 2 aromatic rings. The molecule has 2 aromatic heterocycles. The lowest BCUT2D eigenvalue weighted by atomic mass is 10.2. The highest BCUT2D eigenvalue weighted by atomic mass is 19.4. The number of hydrogen-bond acceptors (Lipinski definition) is 4. The summed E-state index contributed by atoms with van der Waals surface area (Å²) in [6, 6.07) is 4.81. The first-order valence-electron chi connectivity index (χ1n) is 5.88. The number of rotatable bonds is 5. The molecule has 0 saturated carbocycles. The van der Waals surface area contributed by atoms with Crippen molar-refractivity contribution in [1.29, 1.82) is 0 Å². The second-order valence-electron chi connectivity index (χ2n) is 4.21. The summed E-state index contributed by atoms with van der Waals surface area (Å²) in [4.78, 5) is 3.81. The van der Waals surface area contributed by atoms with E-state index in [9.17, 15) is 13.2 Å². The minimum Gasteiger partial charge on any atom is -0.472 e. The van der Waals surface area contributed by atoms with Crippen molar-refractivity contribution in [2.24, 2.45) is 0 Å². The molecule has 0 spiro atoms. The summed E-state index contributed by atoms with van der Waals surface area (Å²) in [5.41, 5.74) is 1.64. The summed E-state index contributed by atoms with van der Waals surface area (Å²) < 4.78 is 45.4. The van der Waals surface area contributed by atoms with Crippen LogP contribution in [0.2, 0.25) is 0 Å². The van der Waals surface area contributed by atoms with Crippen molar-refractivity contribution >= 4 is 5.69 Å². The van der Waals surface area contributed by atoms with E-state index in [-0.39, 0.29) is 11.9 Å². The summed E-state index contributed by atoms with van der Waals surface area (Å²) >= 11 is 0. The second-order valence-corrected chi connectivity index (χ2v) is 4.21. The van der Waals surface area contributed by atoms with E-state index in [1.54, 1.807) is 18.6 Å². The molecule has 0 saturated heterocycles. The monoisotopic (exact) mass is 286 g/mol. The molecular formula is C13H13F3N2O2. The third kappa shape index (κ3) is 4.18. The fourth-order valence-electron chi connectivity index (χ4n) is 1.56. The highest BCUT2D eigenvalue weighted by Gasteiger charge is 2.28. The second kappa shape index (κ2) is 5.85. The largest absolute Gasteiger partial charge is 0.472 e. The number of hydrogen-bond donors (Lipinski definition) is 1. The summed E-state index contributed by atoms with van der Waals surface area (Å²) in [5.74, 6) is -0.0659. The van der Waals surface area contributed by atoms with Crippen molar-refractivity contribution in [2.75, 3.05) is 11.9 Å². The lowest BCUT2D eigenvalue weighted by Gasteiger charge is -2.13. The number of nitrogens with zero attached hydrogens (tertiary/aromatic N) is 1. The third-order valence-corrected chi connectivity index (χ3v) is 2.55. The van der Waals surface area contributed by atoms with Crippen molar-refractivity contribution < 1.29 is 22.3 Å². The van der Waals surface area contributed by atoms with Crippen molar-refractivity contribution in [3.05, 3.63) is 42.5 Å². The zero-order valence-corrected chi connectivity index (χ0v) is 10.6. The molecule has 1 unspecified atom stereocenters. The van der Waals surface area contributed by atoms with Gasteiger partial charge in [0, 0.05) is 11.6 Å². The number of halogens is 3. The molecular weight excluding hydrogens is 273 g/mol. The molecule has 1 atom stereocenters. The molecule has 0 aliphatic rings. The van der Waals surface area contributed by atoms with Gasteiger partial charge in [-0.1, -0.05) is 0 Å². The van der Waals surface area contributed by atoms with E-state index >= 15 is 0 Å². The van der Waals surface area contributed by atoms with E-state index in [0.717, 1.165) is 5.56 Å². The first kappa shape index (κ1) is 14.2. The molecule has 4 nitrogen and oxygen atoms in total. The Kier molecular flexibility index (Phi) is 4.16. The quantitative estimate of drug-likeness (QED) is 0.908. The van der Waals surface area contributed by atoms with Crippen LogP contribution in [0, 0.1) is 0 Å². The van der Waals surface area contributed by atoms with Crippen molar-refractivity contribution in [1.82, 2.24) is 4.98 Å². The Morgan fingerprint density at radius 2 is 2.15 bits per heavy atom. The van der Waals surface area contributed by atoms with E-state index in [4.69, 9.17) is 4.42 Å². The summed E-state index contributed by atoms with van der Waals surface area (Å²) in [5, 5.41) is 3.14. The third-order valence-electron chi connectivity index (χ3n) is 2.55. The fraction of sp³-hybridized carbons (Fsp3) is 0.308. The van der Waals surface area contributed by atoms with Crippen LogP contribution < -0.4 is 10.1 Å². The SMILES string of the molecule is CC(Nc1ccc(OCC(F)(F)F)nc1)c1ccoc1. The van der Waals surface area contributed by atoms with Crippen LogP contribution in [0.15, 0.2) is 41.3 Å². The van der Waals surface area contributed by atoms with Crippen LogP contribution in [0.5, 0.6) is 5.88 Å². The predicted octanol–water partition coefficient (Wildman–Crippen LogP) is 3.79. The average Bonchev–Trinajstić information content (AvgIpc) is 2.91. The zero-order chi connectivity index (χ0) is 14.6. The van der Waals surface area contributed by atoms with Gasteiger partial charge in [-0.3, -0.25) is 0 Å². The molecule has 0 aliphatic carbocycles. The van der Waals surface area contributed by atoms with E-state index < -0.39 is 12.8 Å². The van der Waals surface area contributed by atoms with Gasteiger partial charge in [-0.05, 0) is 19.1 Å². The first-order chi connectivity index (χ1) is 9.44. The van der Waals surface area contributed by atoms with E-state index in [1.807, 2.05) is 13.0 Å². The van der Waals surface area contributed by atoms with Gasteiger partial charge in [0.2, 0.25) is 5.88 Å². The van der Waals surface area contributed by atoms with Gasteiger partial charge in [-0.25, -0.2) is 4.98 Å². The van der Waals surface area contributed by atoms with Crippen LogP contribution >= 0.6 is 0 Å². The molecule has 0 amide bonds. The van der Waals surface area contributed by atoms with Crippen LogP contribution in [0.1, 0.15) is 18.5 Å². The zero-order valence-electron chi connectivity index (χ0n) is 10.6. The Morgan fingerprint density at radius 3 is 2.70 bits per heavy atom. The minimum atomic E-state index is -4.37. The highest BCUT2D eigenvalue weighted by Crippen LogP contribution is 2.21. The van der Waals surface area contributed by atoms with Crippen LogP contribution in [0.4, 0.5) is 18.9 Å².